The Hall–Kier alpha value is -0.820. The topological polar surface area (TPSA) is 78.9 Å². The summed E-state index contributed by atoms with van der Waals surface area (Å²) in [5.41, 5.74) is -0.275. The Kier molecular flexibility index (Phi) is 6.26. The van der Waals surface area contributed by atoms with Gasteiger partial charge in [0.05, 0.1) is 24.0 Å². The van der Waals surface area contributed by atoms with Crippen LogP contribution in [0.1, 0.15) is 27.2 Å². The van der Waals surface area contributed by atoms with Crippen molar-refractivity contribution < 1.29 is 19.4 Å². The van der Waals surface area contributed by atoms with Gasteiger partial charge in [0.25, 0.3) is 0 Å². The molecule has 0 saturated carbocycles. The molecule has 0 aliphatic carbocycles. The van der Waals surface area contributed by atoms with Crippen molar-refractivity contribution in [2.45, 2.75) is 39.3 Å². The van der Waals surface area contributed by atoms with Gasteiger partial charge in [0.2, 0.25) is 5.91 Å². The van der Waals surface area contributed by atoms with Gasteiger partial charge in [-0.05, 0) is 11.8 Å². The van der Waals surface area contributed by atoms with Gasteiger partial charge < -0.3 is 20.1 Å². The molecule has 6 nitrogen and oxygen atoms in total. The quantitative estimate of drug-likeness (QED) is 0.739. The Balaban J connectivity index is 2.83. The van der Waals surface area contributed by atoms with E-state index in [4.69, 9.17) is 9.84 Å². The number of alkyl halides is 1. The number of hydrogen-bond acceptors (Lipinski definition) is 3. The molecule has 1 aliphatic heterocycles. The molecule has 2 N–H and O–H groups in total. The first-order chi connectivity index (χ1) is 9.25. The fraction of sp³-hybridized carbons (Fsp3) is 0.846. The summed E-state index contributed by atoms with van der Waals surface area (Å²) in [4.78, 5) is 24.8. The number of hydrogen-bond donors (Lipinski definition) is 2. The van der Waals surface area contributed by atoms with E-state index in [1.54, 1.807) is 4.90 Å². The van der Waals surface area contributed by atoms with Crippen molar-refractivity contribution in [2.75, 3.05) is 25.1 Å². The van der Waals surface area contributed by atoms with Crippen molar-refractivity contribution in [3.63, 3.8) is 0 Å². The van der Waals surface area contributed by atoms with E-state index >= 15 is 0 Å². The molecule has 2 amide bonds. The van der Waals surface area contributed by atoms with Crippen LogP contribution in [0.2, 0.25) is 0 Å². The summed E-state index contributed by atoms with van der Waals surface area (Å²) in [6.45, 7) is 7.38. The van der Waals surface area contributed by atoms with E-state index < -0.39 is 6.09 Å². The van der Waals surface area contributed by atoms with Gasteiger partial charge in [-0.15, -0.1) is 0 Å². The zero-order valence-electron chi connectivity index (χ0n) is 12.2. The molecule has 2 atom stereocenters. The predicted octanol–water partition coefficient (Wildman–Crippen LogP) is 1.68. The zero-order chi connectivity index (χ0) is 15.3. The molecule has 116 valence electrons. The van der Waals surface area contributed by atoms with Gasteiger partial charge in [-0.2, -0.15) is 0 Å². The Morgan fingerprint density at radius 2 is 2.15 bits per heavy atom. The SMILES string of the molecule is CC(C)(C)C(CN(C(=O)CBr)C1CCOC1)NC(=O)O. The molecule has 0 radical (unpaired) electrons. The summed E-state index contributed by atoms with van der Waals surface area (Å²) in [6.07, 6.45) is -0.276. The third-order valence-corrected chi connectivity index (χ3v) is 3.98. The van der Waals surface area contributed by atoms with Crippen LogP contribution < -0.4 is 5.32 Å². The molecule has 0 aromatic carbocycles. The van der Waals surface area contributed by atoms with E-state index in [9.17, 15) is 9.59 Å². The van der Waals surface area contributed by atoms with Crippen LogP contribution in [-0.2, 0) is 9.53 Å². The van der Waals surface area contributed by atoms with Crippen LogP contribution in [0.5, 0.6) is 0 Å². The summed E-state index contributed by atoms with van der Waals surface area (Å²) in [6, 6.07) is -0.302. The van der Waals surface area contributed by atoms with Crippen LogP contribution in [0.25, 0.3) is 0 Å². The van der Waals surface area contributed by atoms with Crippen LogP contribution in [0, 0.1) is 5.41 Å². The lowest BCUT2D eigenvalue weighted by Gasteiger charge is -2.37. The summed E-state index contributed by atoms with van der Waals surface area (Å²) in [5.74, 6) is -0.0399. The second-order valence-corrected chi connectivity index (χ2v) is 6.63. The van der Waals surface area contributed by atoms with Crippen molar-refractivity contribution in [2.24, 2.45) is 5.41 Å². The van der Waals surface area contributed by atoms with E-state index in [1.807, 2.05) is 20.8 Å². The van der Waals surface area contributed by atoms with Gasteiger partial charge in [-0.25, -0.2) is 4.79 Å². The Labute approximate surface area is 128 Å². The largest absolute Gasteiger partial charge is 0.465 e. The van der Waals surface area contributed by atoms with E-state index in [0.29, 0.717) is 19.8 Å². The van der Waals surface area contributed by atoms with Gasteiger partial charge in [0, 0.05) is 13.2 Å². The second-order valence-electron chi connectivity index (χ2n) is 6.07. The maximum absolute atomic E-state index is 12.1. The fourth-order valence-corrected chi connectivity index (χ4v) is 2.50. The molecular formula is C13H23BrN2O4. The number of halogens is 1. The van der Waals surface area contributed by atoms with Gasteiger partial charge >= 0.3 is 6.09 Å². The molecule has 0 aromatic heterocycles. The summed E-state index contributed by atoms with van der Waals surface area (Å²) >= 11 is 3.18. The van der Waals surface area contributed by atoms with Gasteiger partial charge in [0.1, 0.15) is 0 Å². The van der Waals surface area contributed by atoms with E-state index in [-0.39, 0.29) is 28.7 Å². The monoisotopic (exact) mass is 350 g/mol. The number of carbonyl (C=O) groups is 2. The van der Waals surface area contributed by atoms with Crippen molar-refractivity contribution in [3.05, 3.63) is 0 Å². The number of nitrogens with zero attached hydrogens (tertiary/aromatic N) is 1. The normalized spacial score (nSPS) is 20.5. The van der Waals surface area contributed by atoms with Gasteiger partial charge in [0.15, 0.2) is 0 Å². The summed E-state index contributed by atoms with van der Waals surface area (Å²) < 4.78 is 5.34. The third kappa shape index (κ3) is 4.94. The minimum absolute atomic E-state index is 0.0282. The maximum Gasteiger partial charge on any atom is 0.404 e. The number of rotatable bonds is 5. The summed E-state index contributed by atoms with van der Waals surface area (Å²) in [5, 5.41) is 11.7. The first-order valence-electron chi connectivity index (χ1n) is 6.68. The number of carboxylic acid groups (broad SMARTS) is 1. The molecule has 20 heavy (non-hydrogen) atoms. The number of amides is 2. The van der Waals surface area contributed by atoms with Crippen LogP contribution in [0.3, 0.4) is 0 Å². The van der Waals surface area contributed by atoms with Crippen molar-refractivity contribution in [3.8, 4) is 0 Å². The predicted molar refractivity (Wildman–Crippen MR) is 79.1 cm³/mol. The third-order valence-electron chi connectivity index (χ3n) is 3.50. The average molecular weight is 351 g/mol. The molecule has 0 aromatic rings. The standard InChI is InChI=1S/C13H23BrN2O4/c1-13(2,3)10(15-12(18)19)7-16(11(17)6-14)9-4-5-20-8-9/h9-10,15H,4-8H2,1-3H3,(H,18,19). The van der Waals surface area contributed by atoms with E-state index in [1.165, 1.54) is 0 Å². The molecule has 7 heteroatoms. The molecule has 0 spiro atoms. The smallest absolute Gasteiger partial charge is 0.404 e. The van der Waals surface area contributed by atoms with Crippen LogP contribution in [-0.4, -0.2) is 59.2 Å². The number of carbonyl (C=O) groups excluding carboxylic acids is 1. The minimum Gasteiger partial charge on any atom is -0.465 e. The van der Waals surface area contributed by atoms with E-state index in [0.717, 1.165) is 6.42 Å². The molecule has 1 heterocycles. The number of ether oxygens (including phenoxy) is 1. The molecule has 2 unspecified atom stereocenters. The molecule has 1 aliphatic rings. The van der Waals surface area contributed by atoms with E-state index in [2.05, 4.69) is 21.2 Å². The summed E-state index contributed by atoms with van der Waals surface area (Å²) in [7, 11) is 0. The van der Waals surface area contributed by atoms with Crippen LogP contribution in [0.15, 0.2) is 0 Å². The Bertz CT molecular complexity index is 351. The average Bonchev–Trinajstić information content (AvgIpc) is 2.85. The van der Waals surface area contributed by atoms with Crippen LogP contribution >= 0.6 is 15.9 Å². The molecular weight excluding hydrogens is 328 g/mol. The Morgan fingerprint density at radius 3 is 2.55 bits per heavy atom. The fourth-order valence-electron chi connectivity index (χ4n) is 2.18. The number of nitrogens with one attached hydrogen (secondary N) is 1. The van der Waals surface area contributed by atoms with Crippen molar-refractivity contribution in [1.29, 1.82) is 0 Å². The lowest BCUT2D eigenvalue weighted by atomic mass is 9.86. The lowest BCUT2D eigenvalue weighted by Crippen LogP contribution is -2.54. The van der Waals surface area contributed by atoms with Gasteiger partial charge in [-0.3, -0.25) is 4.79 Å². The van der Waals surface area contributed by atoms with Crippen molar-refractivity contribution >= 4 is 27.9 Å². The Morgan fingerprint density at radius 1 is 1.50 bits per heavy atom. The maximum atomic E-state index is 12.1. The highest BCUT2D eigenvalue weighted by molar-refractivity contribution is 9.09. The molecule has 1 saturated heterocycles. The first-order valence-corrected chi connectivity index (χ1v) is 7.80. The highest BCUT2D eigenvalue weighted by Crippen LogP contribution is 2.23. The van der Waals surface area contributed by atoms with Crippen LogP contribution in [0.4, 0.5) is 4.79 Å². The van der Waals surface area contributed by atoms with Crippen molar-refractivity contribution in [1.82, 2.24) is 10.2 Å². The molecule has 0 bridgehead atoms. The highest BCUT2D eigenvalue weighted by atomic mass is 79.9. The van der Waals surface area contributed by atoms with Gasteiger partial charge in [-0.1, -0.05) is 36.7 Å². The molecule has 1 fully saturated rings. The molecule has 1 rings (SSSR count). The minimum atomic E-state index is -1.07. The first kappa shape index (κ1) is 17.2. The zero-order valence-corrected chi connectivity index (χ0v) is 13.8. The lowest BCUT2D eigenvalue weighted by molar-refractivity contribution is -0.131. The highest BCUT2D eigenvalue weighted by Gasteiger charge is 2.34. The second kappa shape index (κ2) is 7.26.